The maximum atomic E-state index is 12.4. The van der Waals surface area contributed by atoms with E-state index in [9.17, 15) is 8.42 Å². The van der Waals surface area contributed by atoms with E-state index in [1.807, 2.05) is 26.8 Å². The number of nitrogens with one attached hydrogen (secondary N) is 1. The van der Waals surface area contributed by atoms with Gasteiger partial charge < -0.3 is 9.67 Å². The topological polar surface area (TPSA) is 71.3 Å². The first-order valence-corrected chi connectivity index (χ1v) is 8.90. The fraction of sp³-hybridized carbons (Fsp3) is 0.429. The van der Waals surface area contributed by atoms with Gasteiger partial charge in [0, 0.05) is 34.7 Å². The maximum absolute atomic E-state index is 12.4. The van der Waals surface area contributed by atoms with Crippen molar-refractivity contribution in [2.75, 3.05) is 0 Å². The highest BCUT2D eigenvalue weighted by molar-refractivity contribution is 7.89. The summed E-state index contributed by atoms with van der Waals surface area (Å²) in [6.45, 7) is 5.64. The van der Waals surface area contributed by atoms with Crippen LogP contribution in [-0.4, -0.2) is 18.1 Å². The lowest BCUT2D eigenvalue weighted by molar-refractivity contribution is 0.272. The lowest BCUT2D eigenvalue weighted by Crippen LogP contribution is -2.26. The summed E-state index contributed by atoms with van der Waals surface area (Å²) in [5.74, 6) is 0. The third kappa shape index (κ3) is 3.37. The molecule has 0 fully saturated rings. The zero-order chi connectivity index (χ0) is 15.8. The Bertz CT molecular complexity index is 744. The number of hydrogen-bond acceptors (Lipinski definition) is 4. The summed E-state index contributed by atoms with van der Waals surface area (Å²) < 4.78 is 29.1. The number of aromatic nitrogens is 1. The van der Waals surface area contributed by atoms with E-state index >= 15 is 0 Å². The van der Waals surface area contributed by atoms with Gasteiger partial charge in [0.1, 0.15) is 0 Å². The fourth-order valence-corrected chi connectivity index (χ4v) is 4.66. The van der Waals surface area contributed by atoms with E-state index in [1.165, 1.54) is 12.3 Å². The maximum Gasteiger partial charge on any atom is 0.242 e. The third-order valence-corrected chi connectivity index (χ3v) is 5.92. The number of rotatable bonds is 5. The summed E-state index contributed by atoms with van der Waals surface area (Å²) in [6, 6.07) is 3.20. The molecule has 0 aromatic carbocycles. The van der Waals surface area contributed by atoms with Crippen LogP contribution in [0.2, 0.25) is 0 Å². The summed E-state index contributed by atoms with van der Waals surface area (Å²) in [5, 5.41) is 9.16. The molecule has 0 saturated heterocycles. The molecule has 0 spiro atoms. The van der Waals surface area contributed by atoms with Crippen molar-refractivity contribution >= 4 is 21.4 Å². The van der Waals surface area contributed by atoms with E-state index in [0.29, 0.717) is 5.69 Å². The molecule has 2 heterocycles. The molecule has 5 nitrogen and oxygen atoms in total. The van der Waals surface area contributed by atoms with Crippen LogP contribution in [0.5, 0.6) is 0 Å². The predicted molar refractivity (Wildman–Crippen MR) is 83.9 cm³/mol. The monoisotopic (exact) mass is 328 g/mol. The molecule has 0 amide bonds. The van der Waals surface area contributed by atoms with Crippen LogP contribution in [0.15, 0.2) is 23.2 Å². The van der Waals surface area contributed by atoms with Gasteiger partial charge in [-0.05, 0) is 38.5 Å². The molecule has 1 unspecified atom stereocenters. The van der Waals surface area contributed by atoms with Crippen molar-refractivity contribution in [3.05, 3.63) is 39.3 Å². The standard InChI is InChI=1S/C14H20N2O3S2/c1-9-5-14(11(3)20-9)10(2)15-21(18,19)13-6-12(8-17)16(4)7-13/h5-7,10,15,17H,8H2,1-4H3. The first kappa shape index (κ1) is 16.2. The second-order valence-corrected chi connectivity index (χ2v) is 8.32. The zero-order valence-electron chi connectivity index (χ0n) is 12.5. The van der Waals surface area contributed by atoms with Crippen LogP contribution in [0.3, 0.4) is 0 Å². The molecule has 0 bridgehead atoms. The largest absolute Gasteiger partial charge is 0.390 e. The minimum atomic E-state index is -3.60. The quantitative estimate of drug-likeness (QED) is 0.884. The molecule has 2 rings (SSSR count). The van der Waals surface area contributed by atoms with Gasteiger partial charge in [0.15, 0.2) is 0 Å². The van der Waals surface area contributed by atoms with Crippen molar-refractivity contribution in [3.63, 3.8) is 0 Å². The zero-order valence-corrected chi connectivity index (χ0v) is 14.2. The molecule has 7 heteroatoms. The number of sulfonamides is 1. The SMILES string of the molecule is Cc1cc(C(C)NS(=O)(=O)c2cc(CO)n(C)c2)c(C)s1. The Morgan fingerprint density at radius 3 is 2.52 bits per heavy atom. The third-order valence-electron chi connectivity index (χ3n) is 3.43. The molecule has 0 saturated carbocycles. The molecular formula is C14H20N2O3S2. The second-order valence-electron chi connectivity index (χ2n) is 5.15. The average molecular weight is 328 g/mol. The minimum Gasteiger partial charge on any atom is -0.390 e. The minimum absolute atomic E-state index is 0.172. The molecule has 0 radical (unpaired) electrons. The summed E-state index contributed by atoms with van der Waals surface area (Å²) in [4.78, 5) is 2.45. The van der Waals surface area contributed by atoms with Gasteiger partial charge in [0.2, 0.25) is 10.0 Å². The van der Waals surface area contributed by atoms with Crippen molar-refractivity contribution < 1.29 is 13.5 Å². The molecule has 2 aromatic rings. The van der Waals surface area contributed by atoms with E-state index in [4.69, 9.17) is 5.11 Å². The van der Waals surface area contributed by atoms with Crippen LogP contribution in [0.1, 0.15) is 34.0 Å². The van der Waals surface area contributed by atoms with Gasteiger partial charge in [-0.2, -0.15) is 0 Å². The predicted octanol–water partition coefficient (Wildman–Crippen LogP) is 2.24. The van der Waals surface area contributed by atoms with Crippen molar-refractivity contribution in [1.29, 1.82) is 0 Å². The Morgan fingerprint density at radius 1 is 1.38 bits per heavy atom. The Morgan fingerprint density at radius 2 is 2.05 bits per heavy atom. The average Bonchev–Trinajstić information content (AvgIpc) is 2.91. The molecule has 0 aliphatic heterocycles. The molecule has 0 aliphatic rings. The molecule has 21 heavy (non-hydrogen) atoms. The van der Waals surface area contributed by atoms with Crippen LogP contribution in [0.25, 0.3) is 0 Å². The van der Waals surface area contributed by atoms with Gasteiger partial charge in [-0.25, -0.2) is 13.1 Å². The summed E-state index contributed by atoms with van der Waals surface area (Å²) in [6.07, 6.45) is 1.51. The molecule has 2 aromatic heterocycles. The molecule has 2 N–H and O–H groups in total. The Labute approximate surface area is 129 Å². The molecule has 0 aliphatic carbocycles. The van der Waals surface area contributed by atoms with Crippen LogP contribution in [-0.2, 0) is 23.7 Å². The number of hydrogen-bond donors (Lipinski definition) is 2. The van der Waals surface area contributed by atoms with E-state index in [-0.39, 0.29) is 17.5 Å². The Kier molecular flexibility index (Phi) is 4.57. The first-order valence-electron chi connectivity index (χ1n) is 6.60. The number of nitrogens with zero attached hydrogens (tertiary/aromatic N) is 1. The van der Waals surface area contributed by atoms with Crippen LogP contribution >= 0.6 is 11.3 Å². The summed E-state index contributed by atoms with van der Waals surface area (Å²) in [5.41, 5.74) is 1.56. The van der Waals surface area contributed by atoms with E-state index in [2.05, 4.69) is 4.72 Å². The van der Waals surface area contributed by atoms with E-state index < -0.39 is 10.0 Å². The highest BCUT2D eigenvalue weighted by Crippen LogP contribution is 2.27. The van der Waals surface area contributed by atoms with Gasteiger partial charge in [-0.3, -0.25) is 0 Å². The lowest BCUT2D eigenvalue weighted by atomic mass is 10.1. The molecular weight excluding hydrogens is 308 g/mol. The number of aliphatic hydroxyl groups excluding tert-OH is 1. The highest BCUT2D eigenvalue weighted by Gasteiger charge is 2.22. The number of aryl methyl sites for hydroxylation is 3. The first-order chi connectivity index (χ1) is 9.74. The van der Waals surface area contributed by atoms with Crippen molar-refractivity contribution in [3.8, 4) is 0 Å². The van der Waals surface area contributed by atoms with E-state index in [1.54, 1.807) is 23.0 Å². The fourth-order valence-electron chi connectivity index (χ4n) is 2.33. The Balaban J connectivity index is 2.26. The number of aliphatic hydroxyl groups is 1. The van der Waals surface area contributed by atoms with Gasteiger partial charge in [-0.1, -0.05) is 0 Å². The smallest absolute Gasteiger partial charge is 0.242 e. The van der Waals surface area contributed by atoms with Crippen LogP contribution in [0.4, 0.5) is 0 Å². The lowest BCUT2D eigenvalue weighted by Gasteiger charge is -2.13. The normalized spacial score (nSPS) is 13.6. The van der Waals surface area contributed by atoms with E-state index in [0.717, 1.165) is 15.3 Å². The van der Waals surface area contributed by atoms with Gasteiger partial charge in [-0.15, -0.1) is 11.3 Å². The molecule has 1 atom stereocenters. The van der Waals surface area contributed by atoms with Gasteiger partial charge in [0.25, 0.3) is 0 Å². The van der Waals surface area contributed by atoms with Gasteiger partial charge >= 0.3 is 0 Å². The van der Waals surface area contributed by atoms with Gasteiger partial charge in [0.05, 0.1) is 11.5 Å². The van der Waals surface area contributed by atoms with Crippen LogP contribution in [0, 0.1) is 13.8 Å². The highest BCUT2D eigenvalue weighted by atomic mass is 32.2. The van der Waals surface area contributed by atoms with Crippen molar-refractivity contribution in [2.24, 2.45) is 7.05 Å². The Hall–Kier alpha value is -1.15. The van der Waals surface area contributed by atoms with Crippen LogP contribution < -0.4 is 4.72 Å². The second kappa shape index (κ2) is 5.92. The number of thiophene rings is 1. The van der Waals surface area contributed by atoms with Crippen molar-refractivity contribution in [2.45, 2.75) is 38.3 Å². The summed E-state index contributed by atoms with van der Waals surface area (Å²) in [7, 11) is -1.90. The van der Waals surface area contributed by atoms with Crippen molar-refractivity contribution in [1.82, 2.24) is 9.29 Å². The summed E-state index contributed by atoms with van der Waals surface area (Å²) >= 11 is 1.66. The molecule has 116 valence electrons.